The smallest absolute Gasteiger partial charge is 0.408 e. The first-order valence-corrected chi connectivity index (χ1v) is 17.5. The summed E-state index contributed by atoms with van der Waals surface area (Å²) < 4.78 is 24.5. The van der Waals surface area contributed by atoms with Gasteiger partial charge in [-0.3, -0.25) is 9.69 Å². The van der Waals surface area contributed by atoms with E-state index in [1.54, 1.807) is 0 Å². The Labute approximate surface area is 282 Å². The van der Waals surface area contributed by atoms with Crippen LogP contribution in [0.25, 0.3) is 10.9 Å². The third-order valence-corrected chi connectivity index (χ3v) is 10.3. The number of morpholine rings is 1. The van der Waals surface area contributed by atoms with Crippen LogP contribution in [0.15, 0.2) is 24.3 Å². The lowest BCUT2D eigenvalue weighted by Crippen LogP contribution is -2.57. The molecule has 0 spiro atoms. The maximum absolute atomic E-state index is 14.1. The fourth-order valence-electron chi connectivity index (χ4n) is 7.38. The van der Waals surface area contributed by atoms with E-state index in [1.807, 2.05) is 45.0 Å². The highest BCUT2D eigenvalue weighted by atomic mass is 16.6. The molecule has 1 aromatic carbocycles. The van der Waals surface area contributed by atoms with Gasteiger partial charge in [0.2, 0.25) is 11.8 Å². The second-order valence-electron chi connectivity index (χ2n) is 14.8. The van der Waals surface area contributed by atoms with Crippen molar-refractivity contribution in [2.75, 3.05) is 46.0 Å². The number of aromatic nitrogens is 1. The van der Waals surface area contributed by atoms with Gasteiger partial charge >= 0.3 is 12.1 Å². The van der Waals surface area contributed by atoms with E-state index in [9.17, 15) is 19.5 Å². The summed E-state index contributed by atoms with van der Waals surface area (Å²) in [6.45, 7) is 12.1. The number of fused-ring (bicyclic) bond motifs is 5. The summed E-state index contributed by atoms with van der Waals surface area (Å²) in [7, 11) is 0. The molecule has 12 nitrogen and oxygen atoms in total. The summed E-state index contributed by atoms with van der Waals surface area (Å²) >= 11 is 0. The number of carbonyl (C=O) groups excluding carboxylic acids is 2. The monoisotopic (exact) mass is 666 g/mol. The van der Waals surface area contributed by atoms with Crippen molar-refractivity contribution in [3.05, 3.63) is 29.8 Å². The van der Waals surface area contributed by atoms with Crippen LogP contribution in [0, 0.1) is 17.3 Å². The number of carboxylic acid groups (broad SMARTS) is 1. The molecule has 2 N–H and O–H groups in total. The first-order valence-electron chi connectivity index (χ1n) is 17.5. The lowest BCUT2D eigenvalue weighted by atomic mass is 9.85. The van der Waals surface area contributed by atoms with E-state index < -0.39 is 41.6 Å². The summed E-state index contributed by atoms with van der Waals surface area (Å²) in [6.07, 6.45) is 3.08. The minimum atomic E-state index is -1.12. The maximum atomic E-state index is 14.1. The van der Waals surface area contributed by atoms with Gasteiger partial charge in [0.15, 0.2) is 0 Å². The van der Waals surface area contributed by atoms with E-state index in [0.717, 1.165) is 80.7 Å². The Kier molecular flexibility index (Phi) is 10.3. The summed E-state index contributed by atoms with van der Waals surface area (Å²) in [5.74, 6) is 0.0914. The molecular formula is C36H50N4O8. The van der Waals surface area contributed by atoms with Crippen LogP contribution in [-0.2, 0) is 25.5 Å². The van der Waals surface area contributed by atoms with Gasteiger partial charge < -0.3 is 34.3 Å². The zero-order valence-corrected chi connectivity index (χ0v) is 28.6. The van der Waals surface area contributed by atoms with Gasteiger partial charge in [-0.1, -0.05) is 52.7 Å². The molecule has 0 radical (unpaired) electrons. The van der Waals surface area contributed by atoms with Crippen molar-refractivity contribution < 1.29 is 38.4 Å². The highest BCUT2D eigenvalue weighted by Crippen LogP contribution is 2.45. The second kappa shape index (κ2) is 14.5. The maximum Gasteiger partial charge on any atom is 0.408 e. The van der Waals surface area contributed by atoms with Crippen LogP contribution in [0.3, 0.4) is 0 Å². The third-order valence-electron chi connectivity index (χ3n) is 10.3. The van der Waals surface area contributed by atoms with Gasteiger partial charge in [0.25, 0.3) is 0 Å². The molecule has 2 saturated heterocycles. The number of carboxylic acids is 1. The van der Waals surface area contributed by atoms with Crippen LogP contribution in [-0.4, -0.2) is 108 Å². The number of para-hydroxylation sites is 1. The molecule has 2 aromatic rings. The van der Waals surface area contributed by atoms with Gasteiger partial charge in [-0.15, -0.1) is 0 Å². The number of hydrogen-bond donors (Lipinski definition) is 2. The molecule has 6 rings (SSSR count). The molecule has 4 heterocycles. The average molecular weight is 667 g/mol. The van der Waals surface area contributed by atoms with Crippen LogP contribution >= 0.6 is 0 Å². The van der Waals surface area contributed by atoms with E-state index >= 15 is 0 Å². The number of aliphatic carboxylic acids is 1. The minimum Gasteiger partial charge on any atom is -0.491 e. The van der Waals surface area contributed by atoms with Gasteiger partial charge in [0.05, 0.1) is 30.8 Å². The number of carbonyl (C=O) groups is 3. The van der Waals surface area contributed by atoms with Crippen molar-refractivity contribution in [1.82, 2.24) is 20.1 Å². The van der Waals surface area contributed by atoms with Crippen molar-refractivity contribution in [2.45, 2.75) is 90.5 Å². The first kappa shape index (κ1) is 34.2. The van der Waals surface area contributed by atoms with Gasteiger partial charge in [-0.2, -0.15) is 0 Å². The Morgan fingerprint density at radius 3 is 2.62 bits per heavy atom. The largest absolute Gasteiger partial charge is 0.491 e. The Balaban J connectivity index is 1.33. The van der Waals surface area contributed by atoms with Crippen molar-refractivity contribution in [3.8, 4) is 11.6 Å². The number of benzene rings is 1. The molecule has 3 aliphatic heterocycles. The van der Waals surface area contributed by atoms with Crippen LogP contribution < -0.4 is 14.8 Å². The van der Waals surface area contributed by atoms with Gasteiger partial charge in [0.1, 0.15) is 36.6 Å². The quantitative estimate of drug-likeness (QED) is 0.476. The lowest BCUT2D eigenvalue weighted by molar-refractivity contribution is -0.150. The number of amides is 2. The lowest BCUT2D eigenvalue weighted by Gasteiger charge is -2.34. The fraction of sp³-hybridized carbons (Fsp3) is 0.667. The van der Waals surface area contributed by atoms with Crippen LogP contribution in [0.1, 0.15) is 65.4 Å². The third kappa shape index (κ3) is 7.64. The molecule has 48 heavy (non-hydrogen) atoms. The molecule has 2 bridgehead atoms. The highest BCUT2D eigenvalue weighted by molar-refractivity contribution is 5.91. The Morgan fingerprint density at radius 2 is 1.88 bits per heavy atom. The molecule has 1 aliphatic carbocycles. The molecular weight excluding hydrogens is 616 g/mol. The summed E-state index contributed by atoms with van der Waals surface area (Å²) in [5, 5.41) is 13.9. The van der Waals surface area contributed by atoms with Gasteiger partial charge in [-0.25, -0.2) is 14.6 Å². The minimum absolute atomic E-state index is 0.0437. The summed E-state index contributed by atoms with van der Waals surface area (Å²) in [5.41, 5.74) is 0.896. The second-order valence-corrected chi connectivity index (χ2v) is 14.8. The number of rotatable bonds is 5. The predicted octanol–water partition coefficient (Wildman–Crippen LogP) is 4.27. The van der Waals surface area contributed by atoms with Crippen molar-refractivity contribution >= 4 is 28.9 Å². The van der Waals surface area contributed by atoms with E-state index in [-0.39, 0.29) is 30.9 Å². The Morgan fingerprint density at radius 1 is 1.10 bits per heavy atom. The summed E-state index contributed by atoms with van der Waals surface area (Å²) in [4.78, 5) is 48.3. The Bertz CT molecular complexity index is 1490. The topological polar surface area (TPSA) is 140 Å². The highest BCUT2D eigenvalue weighted by Gasteiger charge is 2.51. The molecule has 6 atom stereocenters. The fourth-order valence-corrected chi connectivity index (χ4v) is 7.38. The predicted molar refractivity (Wildman–Crippen MR) is 178 cm³/mol. The van der Waals surface area contributed by atoms with Gasteiger partial charge in [0, 0.05) is 37.4 Å². The first-order chi connectivity index (χ1) is 23.0. The zero-order valence-electron chi connectivity index (χ0n) is 28.6. The number of nitrogens with zero attached hydrogens (tertiary/aromatic N) is 3. The van der Waals surface area contributed by atoms with E-state index in [2.05, 4.69) is 17.1 Å². The van der Waals surface area contributed by atoms with Crippen molar-refractivity contribution in [1.29, 1.82) is 0 Å². The number of alkyl carbamates (subject to hydrolysis) is 1. The number of nitrogens with one attached hydrogen (secondary N) is 1. The number of hydrogen-bond acceptors (Lipinski definition) is 9. The van der Waals surface area contributed by atoms with Crippen molar-refractivity contribution in [3.63, 3.8) is 0 Å². The number of ether oxygens (including phenoxy) is 4. The number of pyridine rings is 1. The normalized spacial score (nSPS) is 29.0. The van der Waals surface area contributed by atoms with Crippen LogP contribution in [0.2, 0.25) is 0 Å². The van der Waals surface area contributed by atoms with E-state index in [1.165, 1.54) is 4.90 Å². The molecule has 4 aliphatic rings. The Hall–Kier alpha value is -3.64. The van der Waals surface area contributed by atoms with Gasteiger partial charge in [-0.05, 0) is 42.7 Å². The standard InChI is InChI=1S/C36H50N4O8/c1-22-24-10-6-5-7-12-26-30(46-19-16-39-14-17-45-18-15-39)25-11-8-9-13-27(25)37-32(26)47-23-20-28(34(42)43)40(21-23)33(41)31(36(2,3)4)38-35(44)48-29(22)24/h8-9,11,13,22-24,28-29,31H,5-7,10,12,14-21H2,1-4H3,(H,38,44)(H,42,43)/t22?,23-,24-,28+,29-,31-/m1/s1. The SMILES string of the molecule is CC1[C@H]2CCCCCc3c(nc4ccccc4c3OCCN3CCOCC3)O[C@@H]3C[C@@H](C(=O)O)N(C3)C(=O)[C@H](C(C)(C)C)NC(=O)O[C@H]12. The molecule has 3 fully saturated rings. The molecule has 1 aromatic heterocycles. The van der Waals surface area contributed by atoms with Crippen LogP contribution in [0.5, 0.6) is 11.6 Å². The molecule has 1 unspecified atom stereocenters. The molecule has 12 heteroatoms. The van der Waals surface area contributed by atoms with Crippen LogP contribution in [0.4, 0.5) is 4.79 Å². The molecule has 262 valence electrons. The molecule has 2 amide bonds. The summed E-state index contributed by atoms with van der Waals surface area (Å²) in [6, 6.07) is 5.74. The molecule has 1 saturated carbocycles. The van der Waals surface area contributed by atoms with E-state index in [4.69, 9.17) is 23.9 Å². The van der Waals surface area contributed by atoms with E-state index in [0.29, 0.717) is 18.9 Å². The average Bonchev–Trinajstić information content (AvgIpc) is 3.43. The van der Waals surface area contributed by atoms with Crippen molar-refractivity contribution in [2.24, 2.45) is 17.3 Å². The zero-order chi connectivity index (χ0) is 34.0.